The lowest BCUT2D eigenvalue weighted by atomic mass is 10.0. The zero-order valence-electron chi connectivity index (χ0n) is 12.7. The Balaban J connectivity index is 0.00000176. The summed E-state index contributed by atoms with van der Waals surface area (Å²) in [5.74, 6) is 0.969. The monoisotopic (exact) mass is 341 g/mol. The molecule has 0 saturated carbocycles. The number of likely N-dealkylation sites (N-methyl/N-ethyl adjacent to an activating group) is 1. The maximum Gasteiger partial charge on any atom is 0.123 e. The highest BCUT2D eigenvalue weighted by Gasteiger charge is 2.18. The number of rotatable bonds is 4. The first-order valence-electron chi connectivity index (χ1n) is 7.33. The molecule has 0 bridgehead atoms. The predicted octanol–water partition coefficient (Wildman–Crippen LogP) is 3.07. The van der Waals surface area contributed by atoms with Gasteiger partial charge in [0.2, 0.25) is 0 Å². The van der Waals surface area contributed by atoms with Gasteiger partial charge in [0.05, 0.1) is 6.54 Å². The zero-order valence-corrected chi connectivity index (χ0v) is 14.2. The quantitative estimate of drug-likeness (QED) is 0.856. The Bertz CT molecular complexity index is 602. The van der Waals surface area contributed by atoms with E-state index in [2.05, 4.69) is 17.0 Å². The van der Waals surface area contributed by atoms with E-state index >= 15 is 0 Å². The van der Waals surface area contributed by atoms with E-state index in [-0.39, 0.29) is 12.4 Å². The number of benzene rings is 1. The summed E-state index contributed by atoms with van der Waals surface area (Å²) in [5, 5.41) is 5.04. The number of hydrogen-bond acceptors (Lipinski definition) is 3. The molecule has 0 fully saturated rings. The van der Waals surface area contributed by atoms with Gasteiger partial charge in [-0.2, -0.15) is 5.10 Å². The lowest BCUT2D eigenvalue weighted by molar-refractivity contribution is 0.287. The maximum absolute atomic E-state index is 6.36. The number of fused-ring (bicyclic) bond motifs is 1. The average Bonchev–Trinajstić information content (AvgIpc) is 2.91. The highest BCUT2D eigenvalue weighted by molar-refractivity contribution is 6.31. The molecule has 1 aliphatic rings. The topological polar surface area (TPSA) is 30.3 Å². The fourth-order valence-electron chi connectivity index (χ4n) is 2.72. The summed E-state index contributed by atoms with van der Waals surface area (Å²) < 4.78 is 7.86. The summed E-state index contributed by atoms with van der Waals surface area (Å²) in [4.78, 5) is 2.34. The minimum Gasteiger partial charge on any atom is -0.491 e. The van der Waals surface area contributed by atoms with E-state index in [9.17, 15) is 0 Å². The molecule has 0 spiro atoms. The van der Waals surface area contributed by atoms with Crippen LogP contribution in [0.4, 0.5) is 0 Å². The van der Waals surface area contributed by atoms with Crippen LogP contribution in [0.3, 0.4) is 0 Å². The molecular weight excluding hydrogens is 321 g/mol. The van der Waals surface area contributed by atoms with Crippen molar-refractivity contribution in [2.24, 2.45) is 0 Å². The Hall–Kier alpha value is -1.23. The molecular formula is C16H21Cl2N3O. The van der Waals surface area contributed by atoms with Crippen LogP contribution in [0.5, 0.6) is 5.75 Å². The molecule has 0 saturated heterocycles. The molecule has 22 heavy (non-hydrogen) atoms. The van der Waals surface area contributed by atoms with Crippen molar-refractivity contribution in [1.82, 2.24) is 14.7 Å². The van der Waals surface area contributed by atoms with Crippen LogP contribution in [0.1, 0.15) is 11.1 Å². The number of ether oxygens (including phenoxy) is 1. The second-order valence-corrected chi connectivity index (χ2v) is 5.83. The van der Waals surface area contributed by atoms with Gasteiger partial charge in [0.15, 0.2) is 0 Å². The molecule has 0 unspecified atom stereocenters. The van der Waals surface area contributed by atoms with E-state index in [1.807, 2.05) is 29.1 Å². The molecule has 0 N–H and O–H groups in total. The molecule has 0 atom stereocenters. The Morgan fingerprint density at radius 1 is 1.23 bits per heavy atom. The van der Waals surface area contributed by atoms with Gasteiger partial charge in [-0.1, -0.05) is 11.6 Å². The summed E-state index contributed by atoms with van der Waals surface area (Å²) in [5.41, 5.74) is 2.52. The Labute approximate surface area is 142 Å². The van der Waals surface area contributed by atoms with E-state index in [1.165, 1.54) is 11.1 Å². The summed E-state index contributed by atoms with van der Waals surface area (Å²) in [6.07, 6.45) is 5.70. The molecule has 120 valence electrons. The third kappa shape index (κ3) is 3.94. The van der Waals surface area contributed by atoms with Crippen LogP contribution in [0, 0.1) is 0 Å². The minimum atomic E-state index is 0. The Morgan fingerprint density at radius 3 is 2.73 bits per heavy atom. The smallest absolute Gasteiger partial charge is 0.123 e. The summed E-state index contributed by atoms with van der Waals surface area (Å²) >= 11 is 6.36. The lowest BCUT2D eigenvalue weighted by Gasteiger charge is -2.15. The third-order valence-corrected chi connectivity index (χ3v) is 4.31. The molecule has 2 heterocycles. The third-order valence-electron chi connectivity index (χ3n) is 3.96. The van der Waals surface area contributed by atoms with Crippen LogP contribution in [0.25, 0.3) is 0 Å². The van der Waals surface area contributed by atoms with Gasteiger partial charge in [-0.15, -0.1) is 12.4 Å². The fourth-order valence-corrected chi connectivity index (χ4v) is 2.99. The highest BCUT2D eigenvalue weighted by atomic mass is 35.5. The van der Waals surface area contributed by atoms with Gasteiger partial charge in [-0.25, -0.2) is 0 Å². The Kier molecular flexibility index (Phi) is 6.12. The van der Waals surface area contributed by atoms with Crippen molar-refractivity contribution in [3.63, 3.8) is 0 Å². The molecule has 4 nitrogen and oxygen atoms in total. The van der Waals surface area contributed by atoms with Crippen LogP contribution < -0.4 is 4.74 Å². The normalized spacial score (nSPS) is 14.8. The summed E-state index contributed by atoms with van der Waals surface area (Å²) in [7, 11) is 2.15. The van der Waals surface area contributed by atoms with E-state index in [4.69, 9.17) is 16.3 Å². The van der Waals surface area contributed by atoms with Gasteiger partial charge in [0.1, 0.15) is 12.4 Å². The van der Waals surface area contributed by atoms with Crippen molar-refractivity contribution in [2.75, 3.05) is 26.7 Å². The second-order valence-electron chi connectivity index (χ2n) is 5.42. The summed E-state index contributed by atoms with van der Waals surface area (Å²) in [6, 6.07) is 5.87. The number of aromatic nitrogens is 2. The van der Waals surface area contributed by atoms with Crippen molar-refractivity contribution in [3.05, 3.63) is 46.7 Å². The molecule has 0 amide bonds. The Morgan fingerprint density at radius 2 is 2.00 bits per heavy atom. The van der Waals surface area contributed by atoms with Gasteiger partial charge in [0, 0.05) is 36.1 Å². The number of halogens is 2. The SMILES string of the molecule is CN1CCc2c(Cl)ccc(OCCn3cccn3)c2CC1.Cl. The van der Waals surface area contributed by atoms with Crippen LogP contribution in [-0.2, 0) is 19.4 Å². The van der Waals surface area contributed by atoms with Crippen molar-refractivity contribution in [2.45, 2.75) is 19.4 Å². The van der Waals surface area contributed by atoms with E-state index in [0.717, 1.165) is 43.2 Å². The number of nitrogens with zero attached hydrogens (tertiary/aromatic N) is 3. The fraction of sp³-hybridized carbons (Fsp3) is 0.438. The average molecular weight is 342 g/mol. The summed E-state index contributed by atoms with van der Waals surface area (Å²) in [6.45, 7) is 3.46. The maximum atomic E-state index is 6.36. The zero-order chi connectivity index (χ0) is 14.7. The largest absolute Gasteiger partial charge is 0.491 e. The molecule has 0 aliphatic carbocycles. The first kappa shape index (κ1) is 17.1. The van der Waals surface area contributed by atoms with Gasteiger partial charge in [-0.05, 0) is 43.7 Å². The van der Waals surface area contributed by atoms with Gasteiger partial charge >= 0.3 is 0 Å². The lowest BCUT2D eigenvalue weighted by Crippen LogP contribution is -2.20. The van der Waals surface area contributed by atoms with Gasteiger partial charge in [0.25, 0.3) is 0 Å². The predicted molar refractivity (Wildman–Crippen MR) is 91.3 cm³/mol. The standard InChI is InChI=1S/C16H20ClN3O.ClH/c1-19-9-5-13-14(6-10-19)16(4-3-15(13)17)21-12-11-20-8-2-7-18-20;/h2-4,7-8H,5-6,9-12H2,1H3;1H. The molecule has 6 heteroatoms. The van der Waals surface area contributed by atoms with Crippen LogP contribution in [0.2, 0.25) is 5.02 Å². The van der Waals surface area contributed by atoms with E-state index in [0.29, 0.717) is 6.61 Å². The van der Waals surface area contributed by atoms with Crippen LogP contribution in [-0.4, -0.2) is 41.4 Å². The first-order chi connectivity index (χ1) is 10.2. The molecule has 3 rings (SSSR count). The van der Waals surface area contributed by atoms with E-state index < -0.39 is 0 Å². The van der Waals surface area contributed by atoms with Crippen LogP contribution >= 0.6 is 24.0 Å². The molecule has 2 aromatic rings. The van der Waals surface area contributed by atoms with Crippen molar-refractivity contribution >= 4 is 24.0 Å². The molecule has 0 radical (unpaired) electrons. The van der Waals surface area contributed by atoms with Crippen LogP contribution in [0.15, 0.2) is 30.6 Å². The van der Waals surface area contributed by atoms with Gasteiger partial charge in [-0.3, -0.25) is 4.68 Å². The van der Waals surface area contributed by atoms with Crippen molar-refractivity contribution in [3.8, 4) is 5.75 Å². The highest BCUT2D eigenvalue weighted by Crippen LogP contribution is 2.31. The molecule has 1 aliphatic heterocycles. The van der Waals surface area contributed by atoms with Gasteiger partial charge < -0.3 is 9.64 Å². The molecule has 1 aromatic heterocycles. The van der Waals surface area contributed by atoms with E-state index in [1.54, 1.807) is 6.20 Å². The second kappa shape index (κ2) is 7.86. The first-order valence-corrected chi connectivity index (χ1v) is 7.71. The van der Waals surface area contributed by atoms with Crippen molar-refractivity contribution in [1.29, 1.82) is 0 Å². The van der Waals surface area contributed by atoms with Crippen molar-refractivity contribution < 1.29 is 4.74 Å². The number of hydrogen-bond donors (Lipinski definition) is 0. The molecule has 1 aromatic carbocycles. The minimum absolute atomic E-state index is 0.